The van der Waals surface area contributed by atoms with Gasteiger partial charge < -0.3 is 9.84 Å². The number of thioether (sulfide) groups is 1. The lowest BCUT2D eigenvalue weighted by atomic mass is 10.1. The predicted molar refractivity (Wildman–Crippen MR) is 130 cm³/mol. The third-order valence-electron chi connectivity index (χ3n) is 5.11. The number of hydrogen-bond acceptors (Lipinski definition) is 6. The Morgan fingerprint density at radius 2 is 1.74 bits per heavy atom. The molecular formula is C26H24FN3O3S. The highest BCUT2D eigenvalue weighted by Gasteiger charge is 2.17. The molecule has 3 aromatic carbocycles. The first-order valence-electron chi connectivity index (χ1n) is 10.8. The fourth-order valence-electron chi connectivity index (χ4n) is 3.31. The van der Waals surface area contributed by atoms with Crippen LogP contribution in [0.4, 0.5) is 4.39 Å². The lowest BCUT2D eigenvalue weighted by molar-refractivity contribution is 0.101. The minimum absolute atomic E-state index is 0.0115. The van der Waals surface area contributed by atoms with E-state index in [1.165, 1.54) is 30.8 Å². The summed E-state index contributed by atoms with van der Waals surface area (Å²) in [7, 11) is 0. The maximum atomic E-state index is 13.4. The Balaban J connectivity index is 1.44. The van der Waals surface area contributed by atoms with Crippen LogP contribution in [0.25, 0.3) is 11.4 Å². The molecule has 1 heterocycles. The van der Waals surface area contributed by atoms with Crippen molar-refractivity contribution in [1.29, 1.82) is 0 Å². The Kier molecular flexibility index (Phi) is 7.72. The summed E-state index contributed by atoms with van der Waals surface area (Å²) < 4.78 is 21.0. The number of Topliss-reactive ketones (excluding diaryl/α,β-unsaturated/α-hetero) is 1. The number of aliphatic hydroxyl groups excluding tert-OH is 1. The standard InChI is InChI=1S/C26H24FN3O3S/c1-18(31)20-9-13-24(14-10-20)33-16-23(32)17-34-26-29-28-25(21-7-11-22(27)12-8-21)30(26)15-19-5-3-2-4-6-19/h2-14,23,32H,15-17H2,1H3. The molecule has 8 heteroatoms. The van der Waals surface area contributed by atoms with Crippen molar-refractivity contribution in [2.75, 3.05) is 12.4 Å². The van der Waals surface area contributed by atoms with E-state index in [0.717, 1.165) is 11.1 Å². The van der Waals surface area contributed by atoms with Crippen LogP contribution in [0.15, 0.2) is 84.0 Å². The van der Waals surface area contributed by atoms with Gasteiger partial charge in [-0.15, -0.1) is 10.2 Å². The summed E-state index contributed by atoms with van der Waals surface area (Å²) in [6.07, 6.45) is -0.742. The van der Waals surface area contributed by atoms with E-state index in [4.69, 9.17) is 4.74 Å². The first-order valence-corrected chi connectivity index (χ1v) is 11.8. The Morgan fingerprint density at radius 1 is 1.03 bits per heavy atom. The zero-order valence-electron chi connectivity index (χ0n) is 18.6. The number of carbonyl (C=O) groups excluding carboxylic acids is 1. The highest BCUT2D eigenvalue weighted by Crippen LogP contribution is 2.26. The summed E-state index contributed by atoms with van der Waals surface area (Å²) in [6.45, 7) is 2.15. The van der Waals surface area contributed by atoms with Gasteiger partial charge in [0, 0.05) is 16.9 Å². The van der Waals surface area contributed by atoms with Crippen LogP contribution in [-0.2, 0) is 6.54 Å². The van der Waals surface area contributed by atoms with Gasteiger partial charge in [-0.25, -0.2) is 4.39 Å². The number of ether oxygens (including phenoxy) is 1. The van der Waals surface area contributed by atoms with Crippen molar-refractivity contribution in [2.45, 2.75) is 24.7 Å². The van der Waals surface area contributed by atoms with Crippen LogP contribution in [0, 0.1) is 5.82 Å². The fourth-order valence-corrected chi connectivity index (χ4v) is 4.16. The van der Waals surface area contributed by atoms with Crippen LogP contribution in [-0.4, -0.2) is 44.1 Å². The van der Waals surface area contributed by atoms with Gasteiger partial charge in [0.1, 0.15) is 18.2 Å². The first kappa shape index (κ1) is 23.7. The molecule has 1 N–H and O–H groups in total. The summed E-state index contributed by atoms with van der Waals surface area (Å²) >= 11 is 1.38. The molecule has 1 aromatic heterocycles. The Labute approximate surface area is 201 Å². The van der Waals surface area contributed by atoms with Gasteiger partial charge in [-0.3, -0.25) is 9.36 Å². The van der Waals surface area contributed by atoms with E-state index in [1.54, 1.807) is 36.4 Å². The summed E-state index contributed by atoms with van der Waals surface area (Å²) in [6, 6.07) is 22.9. The van der Waals surface area contributed by atoms with Crippen LogP contribution in [0.1, 0.15) is 22.8 Å². The van der Waals surface area contributed by atoms with Gasteiger partial charge in [0.15, 0.2) is 16.8 Å². The number of rotatable bonds is 10. The van der Waals surface area contributed by atoms with Crippen molar-refractivity contribution in [3.05, 3.63) is 95.8 Å². The molecule has 6 nitrogen and oxygen atoms in total. The molecule has 0 fully saturated rings. The quantitative estimate of drug-likeness (QED) is 0.259. The first-order chi connectivity index (χ1) is 16.5. The van der Waals surface area contributed by atoms with E-state index in [-0.39, 0.29) is 18.2 Å². The van der Waals surface area contributed by atoms with Gasteiger partial charge in [-0.1, -0.05) is 42.1 Å². The second-order valence-electron chi connectivity index (χ2n) is 7.74. The van der Waals surface area contributed by atoms with Gasteiger partial charge in [-0.2, -0.15) is 0 Å². The van der Waals surface area contributed by atoms with Gasteiger partial charge in [0.2, 0.25) is 0 Å². The predicted octanol–water partition coefficient (Wildman–Crippen LogP) is 4.87. The third kappa shape index (κ3) is 6.09. The molecule has 4 aromatic rings. The molecule has 0 radical (unpaired) electrons. The molecule has 0 spiro atoms. The van der Waals surface area contributed by atoms with E-state index in [2.05, 4.69) is 10.2 Å². The molecular weight excluding hydrogens is 453 g/mol. The van der Waals surface area contributed by atoms with Crippen molar-refractivity contribution >= 4 is 17.5 Å². The van der Waals surface area contributed by atoms with Crippen molar-refractivity contribution in [2.24, 2.45) is 0 Å². The lowest BCUT2D eigenvalue weighted by Crippen LogP contribution is -2.20. The number of benzene rings is 3. The second kappa shape index (κ2) is 11.1. The maximum Gasteiger partial charge on any atom is 0.191 e. The molecule has 34 heavy (non-hydrogen) atoms. The fraction of sp³-hybridized carbons (Fsp3) is 0.192. The third-order valence-corrected chi connectivity index (χ3v) is 6.22. The molecule has 0 saturated carbocycles. The van der Waals surface area contributed by atoms with E-state index < -0.39 is 6.10 Å². The van der Waals surface area contributed by atoms with Crippen LogP contribution in [0.3, 0.4) is 0 Å². The Morgan fingerprint density at radius 3 is 2.41 bits per heavy atom. The van der Waals surface area contributed by atoms with E-state index in [9.17, 15) is 14.3 Å². The van der Waals surface area contributed by atoms with E-state index in [1.807, 2.05) is 34.9 Å². The van der Waals surface area contributed by atoms with Crippen molar-refractivity contribution in [3.63, 3.8) is 0 Å². The highest BCUT2D eigenvalue weighted by atomic mass is 32.2. The second-order valence-corrected chi connectivity index (χ2v) is 8.73. The summed E-state index contributed by atoms with van der Waals surface area (Å²) in [5, 5.41) is 19.8. The number of aliphatic hydroxyl groups is 1. The Hall–Kier alpha value is -3.49. The van der Waals surface area contributed by atoms with Crippen molar-refractivity contribution in [1.82, 2.24) is 14.8 Å². The van der Waals surface area contributed by atoms with Crippen LogP contribution in [0.2, 0.25) is 0 Å². The molecule has 0 aliphatic heterocycles. The average Bonchev–Trinajstić information content (AvgIpc) is 3.25. The molecule has 1 unspecified atom stereocenters. The SMILES string of the molecule is CC(=O)c1ccc(OCC(O)CSc2nnc(-c3ccc(F)cc3)n2Cc2ccccc2)cc1. The highest BCUT2D eigenvalue weighted by molar-refractivity contribution is 7.99. The molecule has 0 bridgehead atoms. The minimum Gasteiger partial charge on any atom is -0.491 e. The molecule has 0 amide bonds. The summed E-state index contributed by atoms with van der Waals surface area (Å²) in [5.41, 5.74) is 2.44. The molecule has 0 aliphatic carbocycles. The van der Waals surface area contributed by atoms with Crippen molar-refractivity contribution < 1.29 is 19.0 Å². The zero-order chi connectivity index (χ0) is 23.9. The Bertz CT molecular complexity index is 1230. The molecule has 1 atom stereocenters. The molecule has 0 aliphatic rings. The zero-order valence-corrected chi connectivity index (χ0v) is 19.4. The molecule has 4 rings (SSSR count). The molecule has 0 saturated heterocycles. The smallest absolute Gasteiger partial charge is 0.191 e. The van der Waals surface area contributed by atoms with Crippen LogP contribution in [0.5, 0.6) is 5.75 Å². The minimum atomic E-state index is -0.742. The molecule has 174 valence electrons. The normalized spacial score (nSPS) is 11.9. The number of hydrogen-bond donors (Lipinski definition) is 1. The number of ketones is 1. The van der Waals surface area contributed by atoms with Crippen molar-refractivity contribution in [3.8, 4) is 17.1 Å². The number of aromatic nitrogens is 3. The van der Waals surface area contributed by atoms with E-state index in [0.29, 0.717) is 34.6 Å². The topological polar surface area (TPSA) is 77.2 Å². The number of nitrogens with zero attached hydrogens (tertiary/aromatic N) is 3. The van der Waals surface area contributed by atoms with Crippen LogP contribution < -0.4 is 4.74 Å². The van der Waals surface area contributed by atoms with Crippen LogP contribution >= 0.6 is 11.8 Å². The maximum absolute atomic E-state index is 13.4. The lowest BCUT2D eigenvalue weighted by Gasteiger charge is -2.14. The van der Waals surface area contributed by atoms with Gasteiger partial charge in [0.05, 0.1) is 12.6 Å². The number of carbonyl (C=O) groups is 1. The monoisotopic (exact) mass is 477 g/mol. The van der Waals surface area contributed by atoms with Gasteiger partial charge >= 0.3 is 0 Å². The summed E-state index contributed by atoms with van der Waals surface area (Å²) in [4.78, 5) is 11.4. The van der Waals surface area contributed by atoms with Gasteiger partial charge in [-0.05, 0) is 61.0 Å². The van der Waals surface area contributed by atoms with Gasteiger partial charge in [0.25, 0.3) is 0 Å². The largest absolute Gasteiger partial charge is 0.491 e. The summed E-state index contributed by atoms with van der Waals surface area (Å²) in [5.74, 6) is 1.23. The van der Waals surface area contributed by atoms with E-state index >= 15 is 0 Å². The average molecular weight is 478 g/mol. The number of halogens is 1.